The Morgan fingerprint density at radius 3 is 2.57 bits per heavy atom. The van der Waals surface area contributed by atoms with Gasteiger partial charge in [-0.2, -0.15) is 0 Å². The van der Waals surface area contributed by atoms with Gasteiger partial charge in [0.15, 0.2) is 5.13 Å². The lowest BCUT2D eigenvalue weighted by molar-refractivity contribution is 0.189. The monoisotopic (exact) mass is 308 g/mol. The van der Waals surface area contributed by atoms with Crippen LogP contribution in [-0.2, 0) is 6.54 Å². The summed E-state index contributed by atoms with van der Waals surface area (Å²) in [4.78, 5) is 10.9. The Morgan fingerprint density at radius 2 is 1.95 bits per heavy atom. The normalized spacial score (nSPS) is 20.9. The van der Waals surface area contributed by atoms with Gasteiger partial charge in [0.1, 0.15) is 0 Å². The van der Waals surface area contributed by atoms with Gasteiger partial charge in [0, 0.05) is 42.8 Å². The number of nitrogens with zero attached hydrogens (tertiary/aromatic N) is 3. The van der Waals surface area contributed by atoms with E-state index in [1.165, 1.54) is 48.8 Å². The van der Waals surface area contributed by atoms with Crippen molar-refractivity contribution in [2.75, 3.05) is 31.1 Å². The van der Waals surface area contributed by atoms with Gasteiger partial charge in [0.25, 0.3) is 0 Å². The molecule has 1 saturated carbocycles. The van der Waals surface area contributed by atoms with Gasteiger partial charge >= 0.3 is 0 Å². The molecule has 1 aromatic rings. The highest BCUT2D eigenvalue weighted by molar-refractivity contribution is 7.15. The molecule has 0 amide bonds. The lowest BCUT2D eigenvalue weighted by atomic mass is 10.0. The van der Waals surface area contributed by atoms with Crippen molar-refractivity contribution in [2.45, 2.75) is 58.2 Å². The number of piperidine rings is 1. The SMILES string of the molecule is CCN(CC)c1ncc(CNC2CCN(C3CC3)CC2)s1. The first-order valence-corrected chi connectivity index (χ1v) is 9.28. The number of thiazole rings is 1. The van der Waals surface area contributed by atoms with Crippen LogP contribution in [0.2, 0.25) is 0 Å². The zero-order valence-electron chi connectivity index (χ0n) is 13.3. The Morgan fingerprint density at radius 1 is 1.24 bits per heavy atom. The summed E-state index contributed by atoms with van der Waals surface area (Å²) in [6.45, 7) is 10.0. The van der Waals surface area contributed by atoms with E-state index in [4.69, 9.17) is 0 Å². The van der Waals surface area contributed by atoms with Gasteiger partial charge in [-0.1, -0.05) is 0 Å². The smallest absolute Gasteiger partial charge is 0.185 e. The predicted molar refractivity (Wildman–Crippen MR) is 90.1 cm³/mol. The van der Waals surface area contributed by atoms with Crippen LogP contribution >= 0.6 is 11.3 Å². The van der Waals surface area contributed by atoms with E-state index in [2.05, 4.69) is 33.9 Å². The molecule has 0 bridgehead atoms. The number of hydrogen-bond acceptors (Lipinski definition) is 5. The molecule has 1 saturated heterocycles. The third kappa shape index (κ3) is 3.96. The molecule has 118 valence electrons. The van der Waals surface area contributed by atoms with E-state index >= 15 is 0 Å². The summed E-state index contributed by atoms with van der Waals surface area (Å²) in [5.41, 5.74) is 0. The van der Waals surface area contributed by atoms with E-state index in [-0.39, 0.29) is 0 Å². The summed E-state index contributed by atoms with van der Waals surface area (Å²) in [6, 6.07) is 1.63. The zero-order chi connectivity index (χ0) is 14.7. The van der Waals surface area contributed by atoms with Crippen LogP contribution in [0.3, 0.4) is 0 Å². The number of likely N-dealkylation sites (tertiary alicyclic amines) is 1. The van der Waals surface area contributed by atoms with Crippen molar-refractivity contribution in [2.24, 2.45) is 0 Å². The van der Waals surface area contributed by atoms with E-state index in [0.717, 1.165) is 25.7 Å². The van der Waals surface area contributed by atoms with E-state index in [0.29, 0.717) is 6.04 Å². The quantitative estimate of drug-likeness (QED) is 0.839. The molecule has 21 heavy (non-hydrogen) atoms. The van der Waals surface area contributed by atoms with Gasteiger partial charge in [0.2, 0.25) is 0 Å². The molecule has 1 N–H and O–H groups in total. The van der Waals surface area contributed by atoms with Gasteiger partial charge in [0.05, 0.1) is 0 Å². The second-order valence-corrected chi connectivity index (χ2v) is 7.30. The summed E-state index contributed by atoms with van der Waals surface area (Å²) in [6.07, 6.45) is 7.53. The van der Waals surface area contributed by atoms with Crippen LogP contribution in [0.15, 0.2) is 6.20 Å². The van der Waals surface area contributed by atoms with Gasteiger partial charge in [-0.05, 0) is 52.6 Å². The van der Waals surface area contributed by atoms with Gasteiger partial charge in [-0.3, -0.25) is 0 Å². The molecule has 0 radical (unpaired) electrons. The minimum absolute atomic E-state index is 0.694. The number of aromatic nitrogens is 1. The molecule has 1 aliphatic heterocycles. The molecule has 0 aromatic carbocycles. The van der Waals surface area contributed by atoms with Crippen molar-refractivity contribution >= 4 is 16.5 Å². The van der Waals surface area contributed by atoms with Gasteiger partial charge in [-0.15, -0.1) is 11.3 Å². The highest BCUT2D eigenvalue weighted by atomic mass is 32.1. The first kappa shape index (κ1) is 15.3. The average Bonchev–Trinajstić information content (AvgIpc) is 3.27. The van der Waals surface area contributed by atoms with Crippen LogP contribution in [0.4, 0.5) is 5.13 Å². The van der Waals surface area contributed by atoms with Crippen molar-refractivity contribution in [3.63, 3.8) is 0 Å². The number of rotatable bonds is 7. The predicted octanol–water partition coefficient (Wildman–Crippen LogP) is 2.71. The van der Waals surface area contributed by atoms with Crippen LogP contribution in [0.25, 0.3) is 0 Å². The molecule has 5 heteroatoms. The summed E-state index contributed by atoms with van der Waals surface area (Å²) in [7, 11) is 0. The summed E-state index contributed by atoms with van der Waals surface area (Å²) in [5, 5.41) is 4.90. The van der Waals surface area contributed by atoms with Crippen molar-refractivity contribution in [3.8, 4) is 0 Å². The third-order valence-electron chi connectivity index (χ3n) is 4.73. The molecule has 0 unspecified atom stereocenters. The Balaban J connectivity index is 1.43. The standard InChI is InChI=1S/C16H28N4S/c1-3-19(4-2)16-18-12-15(21-16)11-17-13-7-9-20(10-8-13)14-5-6-14/h12-14,17H,3-11H2,1-2H3. The Bertz CT molecular complexity index is 431. The van der Waals surface area contributed by atoms with E-state index in [1.54, 1.807) is 0 Å². The Kier molecular flexibility index (Phi) is 5.14. The molecule has 3 rings (SSSR count). The van der Waals surface area contributed by atoms with Crippen LogP contribution < -0.4 is 10.2 Å². The fourth-order valence-electron chi connectivity index (χ4n) is 3.17. The molecule has 4 nitrogen and oxygen atoms in total. The maximum absolute atomic E-state index is 4.56. The fraction of sp³-hybridized carbons (Fsp3) is 0.812. The van der Waals surface area contributed by atoms with Crippen LogP contribution in [-0.4, -0.2) is 48.1 Å². The summed E-state index contributed by atoms with van der Waals surface area (Å²) in [5.74, 6) is 0. The Hall–Kier alpha value is -0.650. The molecule has 1 aromatic heterocycles. The zero-order valence-corrected chi connectivity index (χ0v) is 14.2. The lowest BCUT2D eigenvalue weighted by Crippen LogP contribution is -2.42. The van der Waals surface area contributed by atoms with E-state index in [9.17, 15) is 0 Å². The first-order valence-electron chi connectivity index (χ1n) is 8.47. The van der Waals surface area contributed by atoms with Crippen molar-refractivity contribution in [3.05, 3.63) is 11.1 Å². The van der Waals surface area contributed by atoms with Crippen molar-refractivity contribution in [1.29, 1.82) is 0 Å². The average molecular weight is 308 g/mol. The molecule has 0 spiro atoms. The number of hydrogen-bond donors (Lipinski definition) is 1. The molecule has 2 aliphatic rings. The van der Waals surface area contributed by atoms with Crippen LogP contribution in [0.5, 0.6) is 0 Å². The first-order chi connectivity index (χ1) is 10.3. The maximum Gasteiger partial charge on any atom is 0.185 e. The van der Waals surface area contributed by atoms with E-state index in [1.807, 2.05) is 17.5 Å². The largest absolute Gasteiger partial charge is 0.349 e. The molecular formula is C16H28N4S. The second-order valence-electron chi connectivity index (χ2n) is 6.20. The van der Waals surface area contributed by atoms with Crippen LogP contribution in [0, 0.1) is 0 Å². The number of anilines is 1. The summed E-state index contributed by atoms with van der Waals surface area (Å²) >= 11 is 1.84. The molecule has 2 heterocycles. The summed E-state index contributed by atoms with van der Waals surface area (Å²) < 4.78 is 0. The van der Waals surface area contributed by atoms with Crippen molar-refractivity contribution < 1.29 is 0 Å². The maximum atomic E-state index is 4.56. The highest BCUT2D eigenvalue weighted by Gasteiger charge is 2.31. The van der Waals surface area contributed by atoms with Crippen molar-refractivity contribution in [1.82, 2.24) is 15.2 Å². The van der Waals surface area contributed by atoms with Gasteiger partial charge in [-0.25, -0.2) is 4.98 Å². The second kappa shape index (κ2) is 7.07. The highest BCUT2D eigenvalue weighted by Crippen LogP contribution is 2.29. The molecule has 2 fully saturated rings. The lowest BCUT2D eigenvalue weighted by Gasteiger charge is -2.32. The molecular weight excluding hydrogens is 280 g/mol. The number of nitrogens with one attached hydrogen (secondary N) is 1. The fourth-order valence-corrected chi connectivity index (χ4v) is 4.16. The molecule has 1 aliphatic carbocycles. The minimum atomic E-state index is 0.694. The Labute approximate surface area is 132 Å². The topological polar surface area (TPSA) is 31.4 Å². The van der Waals surface area contributed by atoms with Gasteiger partial charge < -0.3 is 15.1 Å². The minimum Gasteiger partial charge on any atom is -0.349 e. The van der Waals surface area contributed by atoms with Crippen LogP contribution in [0.1, 0.15) is 44.4 Å². The third-order valence-corrected chi connectivity index (χ3v) is 5.79. The van der Waals surface area contributed by atoms with E-state index < -0.39 is 0 Å². The molecule has 0 atom stereocenters.